The van der Waals surface area contributed by atoms with E-state index in [9.17, 15) is 14.4 Å². The van der Waals surface area contributed by atoms with E-state index >= 15 is 0 Å². The second-order valence-electron chi connectivity index (χ2n) is 12.9. The van der Waals surface area contributed by atoms with Crippen LogP contribution in [-0.2, 0) is 19.1 Å². The number of ether oxygens (including phenoxy) is 1. The SMILES string of the molecule is CCC(C)C(=O)[C@@]12C(=O)C3=C(OC(C)(C)C=C3)[C@](C)(C[C@@H](CC=C(C)C)[C@]1(C)CCC=C(C)C)C2=O. The highest BCUT2D eigenvalue weighted by molar-refractivity contribution is 6.34. The van der Waals surface area contributed by atoms with Crippen molar-refractivity contribution in [1.82, 2.24) is 0 Å². The van der Waals surface area contributed by atoms with Gasteiger partial charge in [-0.25, -0.2) is 0 Å². The summed E-state index contributed by atoms with van der Waals surface area (Å²) in [6.07, 6.45) is 11.3. The van der Waals surface area contributed by atoms with Gasteiger partial charge in [0.1, 0.15) is 11.4 Å². The minimum Gasteiger partial charge on any atom is -0.486 e. The van der Waals surface area contributed by atoms with Crippen LogP contribution in [0.5, 0.6) is 0 Å². The van der Waals surface area contributed by atoms with E-state index in [1.807, 2.05) is 53.7 Å². The summed E-state index contributed by atoms with van der Waals surface area (Å²) in [5.74, 6) is -0.755. The fourth-order valence-electron chi connectivity index (χ4n) is 6.68. The Balaban J connectivity index is 2.38. The standard InChI is InChI=1S/C32H46O4/c1-11-22(6)25(33)32-26(34)24-16-18-29(7,8)36-27(24)30(9,28(32)35)19-23(15-14-21(4)5)31(32,10)17-12-13-20(2)3/h13-14,16,18,22-23H,11-12,15,17,19H2,1-10H3/t22?,23-,30+,31+,32+/m1/s1. The molecule has 0 N–H and O–H groups in total. The molecule has 2 aliphatic carbocycles. The summed E-state index contributed by atoms with van der Waals surface area (Å²) in [5, 5.41) is 0. The maximum absolute atomic E-state index is 14.8. The summed E-state index contributed by atoms with van der Waals surface area (Å²) in [4.78, 5) is 43.9. The Morgan fingerprint density at radius 2 is 1.69 bits per heavy atom. The molecule has 1 fully saturated rings. The summed E-state index contributed by atoms with van der Waals surface area (Å²) in [7, 11) is 0. The zero-order chi connectivity index (χ0) is 27.3. The number of fused-ring (bicyclic) bond motifs is 3. The molecule has 0 aromatic heterocycles. The van der Waals surface area contributed by atoms with Crippen molar-refractivity contribution in [2.45, 2.75) is 107 Å². The van der Waals surface area contributed by atoms with Crippen LogP contribution in [0.3, 0.4) is 0 Å². The zero-order valence-corrected chi connectivity index (χ0v) is 24.1. The van der Waals surface area contributed by atoms with Crippen molar-refractivity contribution in [2.75, 3.05) is 0 Å². The molecule has 0 aromatic carbocycles. The highest BCUT2D eigenvalue weighted by Crippen LogP contribution is 2.67. The lowest BCUT2D eigenvalue weighted by atomic mass is 9.38. The molecule has 198 valence electrons. The van der Waals surface area contributed by atoms with Crippen LogP contribution in [0.25, 0.3) is 0 Å². The van der Waals surface area contributed by atoms with Gasteiger partial charge < -0.3 is 4.74 Å². The van der Waals surface area contributed by atoms with E-state index in [1.54, 1.807) is 0 Å². The lowest BCUT2D eigenvalue weighted by Gasteiger charge is -2.61. The highest BCUT2D eigenvalue weighted by Gasteiger charge is 2.75. The Morgan fingerprint density at radius 1 is 1.08 bits per heavy atom. The molecule has 5 atom stereocenters. The molecule has 0 radical (unpaired) electrons. The van der Waals surface area contributed by atoms with E-state index in [1.165, 1.54) is 11.1 Å². The molecule has 4 heteroatoms. The van der Waals surface area contributed by atoms with Gasteiger partial charge in [-0.3, -0.25) is 14.4 Å². The first-order chi connectivity index (χ1) is 16.6. The molecule has 1 aliphatic heterocycles. The van der Waals surface area contributed by atoms with E-state index in [-0.39, 0.29) is 29.2 Å². The topological polar surface area (TPSA) is 60.4 Å². The maximum Gasteiger partial charge on any atom is 0.187 e. The molecule has 0 spiro atoms. The van der Waals surface area contributed by atoms with Gasteiger partial charge in [0.05, 0.1) is 11.0 Å². The van der Waals surface area contributed by atoms with Gasteiger partial charge in [-0.2, -0.15) is 0 Å². The predicted octanol–water partition coefficient (Wildman–Crippen LogP) is 7.49. The number of allylic oxidation sites excluding steroid dienone is 7. The molecule has 2 bridgehead atoms. The number of ketones is 3. The average Bonchev–Trinajstić information content (AvgIpc) is 2.78. The third kappa shape index (κ3) is 4.19. The number of carbonyl (C=O) groups is 3. The summed E-state index contributed by atoms with van der Waals surface area (Å²) in [6, 6.07) is 0. The number of rotatable bonds is 8. The number of hydrogen-bond acceptors (Lipinski definition) is 4. The minimum absolute atomic E-state index is 0.0238. The van der Waals surface area contributed by atoms with Gasteiger partial charge in [-0.1, -0.05) is 44.1 Å². The van der Waals surface area contributed by atoms with Crippen LogP contribution in [0.1, 0.15) is 101 Å². The molecule has 3 rings (SSSR count). The van der Waals surface area contributed by atoms with E-state index in [4.69, 9.17) is 4.74 Å². The van der Waals surface area contributed by atoms with Crippen molar-refractivity contribution in [3.05, 3.63) is 46.8 Å². The van der Waals surface area contributed by atoms with Gasteiger partial charge in [0, 0.05) is 5.92 Å². The van der Waals surface area contributed by atoms with Crippen LogP contribution < -0.4 is 0 Å². The summed E-state index contributed by atoms with van der Waals surface area (Å²) < 4.78 is 6.39. The molecule has 36 heavy (non-hydrogen) atoms. The van der Waals surface area contributed by atoms with Crippen LogP contribution >= 0.6 is 0 Å². The number of hydrogen-bond donors (Lipinski definition) is 0. The van der Waals surface area contributed by atoms with Gasteiger partial charge in [-0.15, -0.1) is 0 Å². The smallest absolute Gasteiger partial charge is 0.187 e. The Labute approximate surface area is 218 Å². The fraction of sp³-hybridized carbons (Fsp3) is 0.656. The molecule has 3 aliphatic rings. The Kier molecular flexibility index (Phi) is 7.54. The number of Topliss-reactive ketones (excluding diaryl/α,β-unsaturated/α-hetero) is 3. The van der Waals surface area contributed by atoms with Gasteiger partial charge >= 0.3 is 0 Å². The third-order valence-corrected chi connectivity index (χ3v) is 9.06. The van der Waals surface area contributed by atoms with E-state index in [0.29, 0.717) is 30.6 Å². The van der Waals surface area contributed by atoms with Gasteiger partial charge in [0.15, 0.2) is 22.8 Å². The van der Waals surface area contributed by atoms with Crippen LogP contribution in [0.2, 0.25) is 0 Å². The minimum atomic E-state index is -1.71. The molecule has 1 unspecified atom stereocenters. The Hall–Kier alpha value is -2.23. The van der Waals surface area contributed by atoms with Gasteiger partial charge in [0.2, 0.25) is 0 Å². The second kappa shape index (κ2) is 9.58. The molecule has 0 amide bonds. The monoisotopic (exact) mass is 494 g/mol. The fourth-order valence-corrected chi connectivity index (χ4v) is 6.68. The number of carbonyl (C=O) groups excluding carboxylic acids is 3. The van der Waals surface area contributed by atoms with Crippen molar-refractivity contribution in [2.24, 2.45) is 28.1 Å². The highest BCUT2D eigenvalue weighted by atomic mass is 16.5. The van der Waals surface area contributed by atoms with Crippen molar-refractivity contribution >= 4 is 17.3 Å². The summed E-state index contributed by atoms with van der Waals surface area (Å²) in [6.45, 7) is 19.9. The van der Waals surface area contributed by atoms with E-state index < -0.39 is 21.8 Å². The predicted molar refractivity (Wildman–Crippen MR) is 145 cm³/mol. The van der Waals surface area contributed by atoms with Crippen LogP contribution in [0.15, 0.2) is 46.8 Å². The lowest BCUT2D eigenvalue weighted by molar-refractivity contribution is -0.181. The first-order valence-corrected chi connectivity index (χ1v) is 13.6. The van der Waals surface area contributed by atoms with Crippen molar-refractivity contribution < 1.29 is 19.1 Å². The van der Waals surface area contributed by atoms with Crippen molar-refractivity contribution in [3.8, 4) is 0 Å². The third-order valence-electron chi connectivity index (χ3n) is 9.06. The molecule has 0 saturated heterocycles. The normalized spacial score (nSPS) is 33.4. The molecule has 1 heterocycles. The van der Waals surface area contributed by atoms with Gasteiger partial charge in [-0.05, 0) is 104 Å². The zero-order valence-electron chi connectivity index (χ0n) is 24.1. The van der Waals surface area contributed by atoms with Crippen molar-refractivity contribution in [3.63, 3.8) is 0 Å². The first kappa shape index (κ1) is 28.3. The molecule has 4 nitrogen and oxygen atoms in total. The quantitative estimate of drug-likeness (QED) is 0.259. The molecular weight excluding hydrogens is 448 g/mol. The van der Waals surface area contributed by atoms with Crippen LogP contribution in [-0.4, -0.2) is 23.0 Å². The van der Waals surface area contributed by atoms with Gasteiger partial charge in [0.25, 0.3) is 0 Å². The lowest BCUT2D eigenvalue weighted by Crippen LogP contribution is -2.71. The summed E-state index contributed by atoms with van der Waals surface area (Å²) in [5.41, 5.74) is -1.35. The van der Waals surface area contributed by atoms with Crippen molar-refractivity contribution in [1.29, 1.82) is 0 Å². The average molecular weight is 495 g/mol. The molecular formula is C32H46O4. The molecule has 1 saturated carbocycles. The van der Waals surface area contributed by atoms with Crippen LogP contribution in [0, 0.1) is 28.1 Å². The Bertz CT molecular complexity index is 1080. The molecule has 0 aromatic rings. The van der Waals surface area contributed by atoms with Crippen LogP contribution in [0.4, 0.5) is 0 Å². The summed E-state index contributed by atoms with van der Waals surface area (Å²) >= 11 is 0. The second-order valence-corrected chi connectivity index (χ2v) is 12.9. The van der Waals surface area contributed by atoms with E-state index in [0.717, 1.165) is 12.8 Å². The maximum atomic E-state index is 14.8. The first-order valence-electron chi connectivity index (χ1n) is 13.6. The van der Waals surface area contributed by atoms with E-state index in [2.05, 4.69) is 39.8 Å². The largest absolute Gasteiger partial charge is 0.486 e. The Morgan fingerprint density at radius 3 is 2.25 bits per heavy atom.